The molecule has 0 radical (unpaired) electrons. The molecule has 0 spiro atoms. The minimum absolute atomic E-state index is 0.266. The molecule has 0 atom stereocenters. The highest BCUT2D eigenvalue weighted by Crippen LogP contribution is 2.26. The lowest BCUT2D eigenvalue weighted by Gasteiger charge is -2.08. The van der Waals surface area contributed by atoms with Crippen molar-refractivity contribution in [3.05, 3.63) is 76.0 Å². The number of anilines is 1. The molecule has 3 aromatic rings. The summed E-state index contributed by atoms with van der Waals surface area (Å²) in [5.41, 5.74) is 7.69. The first-order valence-corrected chi connectivity index (χ1v) is 9.83. The van der Waals surface area contributed by atoms with E-state index in [1.807, 2.05) is 24.4 Å². The predicted octanol–water partition coefficient (Wildman–Crippen LogP) is 4.23. The van der Waals surface area contributed by atoms with Gasteiger partial charge in [-0.1, -0.05) is 23.9 Å². The molecule has 27 heavy (non-hydrogen) atoms. The van der Waals surface area contributed by atoms with Gasteiger partial charge < -0.3 is 11.1 Å². The largest absolute Gasteiger partial charge is 0.366 e. The molecule has 0 aliphatic rings. The van der Waals surface area contributed by atoms with Gasteiger partial charge in [0.2, 0.25) is 0 Å². The Balaban J connectivity index is 1.63. The van der Waals surface area contributed by atoms with Crippen LogP contribution in [0.15, 0.2) is 52.2 Å². The summed E-state index contributed by atoms with van der Waals surface area (Å²) in [5, 5.41) is 4.64. The summed E-state index contributed by atoms with van der Waals surface area (Å²) in [6.07, 6.45) is 0. The lowest BCUT2D eigenvalue weighted by atomic mass is 10.1. The van der Waals surface area contributed by atoms with E-state index in [9.17, 15) is 14.0 Å². The number of nitrogens with two attached hydrogens (primary N) is 1. The zero-order chi connectivity index (χ0) is 19.4. The van der Waals surface area contributed by atoms with Crippen molar-refractivity contribution in [3.63, 3.8) is 0 Å². The van der Waals surface area contributed by atoms with E-state index in [0.29, 0.717) is 11.3 Å². The van der Waals surface area contributed by atoms with E-state index < -0.39 is 11.7 Å². The predicted molar refractivity (Wildman–Crippen MR) is 106 cm³/mol. The molecule has 1 aromatic heterocycles. The first-order valence-electron chi connectivity index (χ1n) is 7.97. The molecule has 8 heteroatoms. The zero-order valence-electron chi connectivity index (χ0n) is 14.4. The van der Waals surface area contributed by atoms with Crippen LogP contribution in [0.3, 0.4) is 0 Å². The third kappa shape index (κ3) is 4.93. The van der Waals surface area contributed by atoms with E-state index in [-0.39, 0.29) is 11.5 Å². The zero-order valence-corrected chi connectivity index (χ0v) is 16.0. The van der Waals surface area contributed by atoms with Gasteiger partial charge in [0, 0.05) is 28.1 Å². The van der Waals surface area contributed by atoms with Crippen LogP contribution in [0.1, 0.15) is 32.0 Å². The molecule has 0 aliphatic carbocycles. The summed E-state index contributed by atoms with van der Waals surface area (Å²) in [4.78, 5) is 27.9. The Bertz CT molecular complexity index is 987. The molecule has 2 aromatic carbocycles. The third-order valence-corrected chi connectivity index (χ3v) is 5.88. The number of nitrogens with one attached hydrogen (secondary N) is 1. The number of aromatic nitrogens is 1. The Kier molecular flexibility index (Phi) is 5.88. The Morgan fingerprint density at radius 2 is 1.96 bits per heavy atom. The fourth-order valence-electron chi connectivity index (χ4n) is 2.29. The van der Waals surface area contributed by atoms with Crippen molar-refractivity contribution < 1.29 is 14.0 Å². The number of hydrogen-bond donors (Lipinski definition) is 2. The number of primary amides is 1. The number of amides is 2. The molecule has 0 bridgehead atoms. The van der Waals surface area contributed by atoms with Gasteiger partial charge in [0.15, 0.2) is 0 Å². The van der Waals surface area contributed by atoms with Gasteiger partial charge in [-0.3, -0.25) is 9.59 Å². The maximum absolute atomic E-state index is 13.5. The number of carbonyl (C=O) groups excluding carboxylic acids is 2. The number of thiazole rings is 1. The van der Waals surface area contributed by atoms with Gasteiger partial charge in [0.25, 0.3) is 11.8 Å². The second kappa shape index (κ2) is 8.32. The summed E-state index contributed by atoms with van der Waals surface area (Å²) >= 11 is 3.25. The molecule has 2 amide bonds. The summed E-state index contributed by atoms with van der Waals surface area (Å²) < 4.78 is 14.5. The average molecular weight is 401 g/mol. The molecular formula is C19H16FN3O2S2. The SMILES string of the molecule is Cc1csc(SCc2ccc(C(=O)Nc3ccc(F)c(C(N)=O)c3)cc2)n1. The van der Waals surface area contributed by atoms with Gasteiger partial charge in [0.05, 0.1) is 5.56 Å². The Morgan fingerprint density at radius 1 is 1.22 bits per heavy atom. The third-order valence-electron chi connectivity index (χ3n) is 3.67. The number of halogens is 1. The Labute approximate surface area is 163 Å². The summed E-state index contributed by atoms with van der Waals surface area (Å²) in [7, 11) is 0. The summed E-state index contributed by atoms with van der Waals surface area (Å²) in [5.74, 6) is -1.21. The smallest absolute Gasteiger partial charge is 0.255 e. The standard InChI is InChI=1S/C19H16FN3O2S2/c1-11-9-26-19(22-11)27-10-12-2-4-13(5-3-12)18(25)23-14-6-7-16(20)15(8-14)17(21)24/h2-9H,10H2,1H3,(H2,21,24)(H,23,25). The van der Waals surface area contributed by atoms with Gasteiger partial charge in [-0.25, -0.2) is 9.37 Å². The van der Waals surface area contributed by atoms with Crippen LogP contribution >= 0.6 is 23.1 Å². The first-order chi connectivity index (χ1) is 12.9. The van der Waals surface area contributed by atoms with Crippen LogP contribution in [-0.4, -0.2) is 16.8 Å². The van der Waals surface area contributed by atoms with Crippen LogP contribution in [0.5, 0.6) is 0 Å². The fourth-order valence-corrected chi connectivity index (χ4v) is 4.10. The molecule has 0 aliphatic heterocycles. The van der Waals surface area contributed by atoms with Crippen molar-refractivity contribution in [1.82, 2.24) is 4.98 Å². The van der Waals surface area contributed by atoms with Gasteiger partial charge in [-0.15, -0.1) is 11.3 Å². The van der Waals surface area contributed by atoms with E-state index in [1.165, 1.54) is 12.1 Å². The Hall–Kier alpha value is -2.71. The van der Waals surface area contributed by atoms with E-state index in [2.05, 4.69) is 10.3 Å². The van der Waals surface area contributed by atoms with E-state index >= 15 is 0 Å². The molecule has 3 rings (SSSR count). The molecule has 0 saturated heterocycles. The van der Waals surface area contributed by atoms with Crippen LogP contribution in [0.25, 0.3) is 0 Å². The number of aryl methyl sites for hydroxylation is 1. The summed E-state index contributed by atoms with van der Waals surface area (Å²) in [6, 6.07) is 10.9. The second-order valence-electron chi connectivity index (χ2n) is 5.75. The topological polar surface area (TPSA) is 85.1 Å². The normalized spacial score (nSPS) is 10.6. The number of thioether (sulfide) groups is 1. The second-order valence-corrected chi connectivity index (χ2v) is 7.83. The van der Waals surface area contributed by atoms with Crippen LogP contribution in [0.2, 0.25) is 0 Å². The lowest BCUT2D eigenvalue weighted by molar-refractivity contribution is 0.0992. The molecule has 138 valence electrons. The molecule has 3 N–H and O–H groups in total. The lowest BCUT2D eigenvalue weighted by Crippen LogP contribution is -2.16. The number of benzene rings is 2. The molecule has 1 heterocycles. The fraction of sp³-hybridized carbons (Fsp3) is 0.105. The van der Waals surface area contributed by atoms with Crippen molar-refractivity contribution in [2.45, 2.75) is 17.0 Å². The molecule has 5 nitrogen and oxygen atoms in total. The molecule has 0 unspecified atom stereocenters. The van der Waals surface area contributed by atoms with Crippen molar-refractivity contribution in [2.75, 3.05) is 5.32 Å². The number of carbonyl (C=O) groups is 2. The minimum Gasteiger partial charge on any atom is -0.366 e. The van der Waals surface area contributed by atoms with Gasteiger partial charge in [0.1, 0.15) is 10.2 Å². The van der Waals surface area contributed by atoms with Gasteiger partial charge in [-0.2, -0.15) is 0 Å². The Morgan fingerprint density at radius 3 is 2.59 bits per heavy atom. The van der Waals surface area contributed by atoms with Crippen molar-refractivity contribution in [3.8, 4) is 0 Å². The van der Waals surface area contributed by atoms with Crippen LogP contribution in [0, 0.1) is 12.7 Å². The quantitative estimate of drug-likeness (QED) is 0.605. The molecule has 0 saturated carbocycles. The van der Waals surface area contributed by atoms with Crippen LogP contribution in [0.4, 0.5) is 10.1 Å². The van der Waals surface area contributed by atoms with E-state index in [1.54, 1.807) is 35.2 Å². The van der Waals surface area contributed by atoms with Crippen LogP contribution in [-0.2, 0) is 5.75 Å². The van der Waals surface area contributed by atoms with Crippen molar-refractivity contribution >= 4 is 40.6 Å². The van der Waals surface area contributed by atoms with Gasteiger partial charge >= 0.3 is 0 Å². The molecular weight excluding hydrogens is 385 g/mol. The van der Waals surface area contributed by atoms with Crippen molar-refractivity contribution in [1.29, 1.82) is 0 Å². The van der Waals surface area contributed by atoms with E-state index in [4.69, 9.17) is 5.73 Å². The maximum atomic E-state index is 13.5. The van der Waals surface area contributed by atoms with Crippen molar-refractivity contribution in [2.24, 2.45) is 5.73 Å². The number of hydrogen-bond acceptors (Lipinski definition) is 5. The minimum atomic E-state index is -0.888. The highest BCUT2D eigenvalue weighted by atomic mass is 32.2. The van der Waals surface area contributed by atoms with Crippen LogP contribution < -0.4 is 11.1 Å². The highest BCUT2D eigenvalue weighted by Gasteiger charge is 2.12. The maximum Gasteiger partial charge on any atom is 0.255 e. The van der Waals surface area contributed by atoms with Gasteiger partial charge in [-0.05, 0) is 42.8 Å². The summed E-state index contributed by atoms with van der Waals surface area (Å²) in [6.45, 7) is 1.96. The highest BCUT2D eigenvalue weighted by molar-refractivity contribution is 8.00. The molecule has 0 fully saturated rings. The van der Waals surface area contributed by atoms with E-state index in [0.717, 1.165) is 27.4 Å². The number of rotatable bonds is 6. The average Bonchev–Trinajstić information content (AvgIpc) is 3.07. The monoisotopic (exact) mass is 401 g/mol. The number of nitrogens with zero attached hydrogens (tertiary/aromatic N) is 1. The first kappa shape index (κ1) is 19.1.